The Kier molecular flexibility index (Phi) is 2.05. The molecule has 2 aliphatic rings. The van der Waals surface area contributed by atoms with Crippen LogP contribution in [0.5, 0.6) is 0 Å². The first-order valence-electron chi connectivity index (χ1n) is 5.82. The Morgan fingerprint density at radius 2 is 1.80 bits per heavy atom. The minimum atomic E-state index is 0.277. The fraction of sp³-hybridized carbons (Fsp3) is 0.769. The third-order valence-electron chi connectivity index (χ3n) is 4.46. The standard InChI is InChI=1S/C13H22N2/c1-9(2)15-8-14-7-10-11(15)13(5,6)12(10,3)4/h8-9H,7H2,1-6H3. The van der Waals surface area contributed by atoms with Crippen LogP contribution in [0.25, 0.3) is 0 Å². The first kappa shape index (κ1) is 10.7. The largest absolute Gasteiger partial charge is 0.333 e. The molecule has 0 aromatic rings. The van der Waals surface area contributed by atoms with Gasteiger partial charge in [0.1, 0.15) is 0 Å². The zero-order chi connectivity index (χ0) is 11.4. The smallest absolute Gasteiger partial charge is 0.0898 e. The Hall–Kier alpha value is -0.790. The van der Waals surface area contributed by atoms with Crippen molar-refractivity contribution in [3.63, 3.8) is 0 Å². The predicted octanol–water partition coefficient (Wildman–Crippen LogP) is 3.06. The second kappa shape index (κ2) is 2.87. The maximum atomic E-state index is 4.47. The maximum Gasteiger partial charge on any atom is 0.0898 e. The fourth-order valence-electron chi connectivity index (χ4n) is 2.70. The van der Waals surface area contributed by atoms with E-state index in [2.05, 4.69) is 51.4 Å². The molecule has 0 aromatic heterocycles. The molecule has 1 heterocycles. The van der Waals surface area contributed by atoms with E-state index in [0.29, 0.717) is 11.5 Å². The monoisotopic (exact) mass is 206 g/mol. The molecule has 15 heavy (non-hydrogen) atoms. The van der Waals surface area contributed by atoms with E-state index in [-0.39, 0.29) is 5.41 Å². The van der Waals surface area contributed by atoms with Gasteiger partial charge in [0.15, 0.2) is 0 Å². The quantitative estimate of drug-likeness (QED) is 0.644. The van der Waals surface area contributed by atoms with Crippen LogP contribution in [-0.2, 0) is 0 Å². The van der Waals surface area contributed by atoms with E-state index in [4.69, 9.17) is 0 Å². The predicted molar refractivity (Wildman–Crippen MR) is 64.9 cm³/mol. The van der Waals surface area contributed by atoms with Crippen LogP contribution in [0.1, 0.15) is 41.5 Å². The minimum absolute atomic E-state index is 0.277. The van der Waals surface area contributed by atoms with E-state index in [0.717, 1.165) is 6.54 Å². The number of hydrogen-bond acceptors (Lipinski definition) is 2. The Labute approximate surface area is 93.1 Å². The third kappa shape index (κ3) is 1.14. The van der Waals surface area contributed by atoms with Gasteiger partial charge in [-0.3, -0.25) is 4.99 Å². The Bertz CT molecular complexity index is 346. The van der Waals surface area contributed by atoms with Gasteiger partial charge in [-0.2, -0.15) is 0 Å². The second-order valence-corrected chi connectivity index (χ2v) is 6.03. The highest BCUT2D eigenvalue weighted by Crippen LogP contribution is 2.61. The van der Waals surface area contributed by atoms with Crippen molar-refractivity contribution in [2.45, 2.75) is 47.6 Å². The molecule has 0 saturated carbocycles. The molecule has 0 aromatic carbocycles. The van der Waals surface area contributed by atoms with Gasteiger partial charge in [-0.05, 0) is 19.4 Å². The molecule has 0 amide bonds. The molecule has 0 spiro atoms. The summed E-state index contributed by atoms with van der Waals surface area (Å²) in [5, 5.41) is 0. The SMILES string of the molecule is CC(C)N1C=NCC2=C1C(C)(C)C2(C)C. The maximum absolute atomic E-state index is 4.47. The van der Waals surface area contributed by atoms with Crippen LogP contribution in [0.4, 0.5) is 0 Å². The molecule has 0 bridgehead atoms. The summed E-state index contributed by atoms with van der Waals surface area (Å²) in [5.41, 5.74) is 3.62. The summed E-state index contributed by atoms with van der Waals surface area (Å²) < 4.78 is 0. The summed E-state index contributed by atoms with van der Waals surface area (Å²) in [7, 11) is 0. The number of hydrogen-bond donors (Lipinski definition) is 0. The molecule has 0 unspecified atom stereocenters. The molecule has 0 N–H and O–H groups in total. The van der Waals surface area contributed by atoms with E-state index >= 15 is 0 Å². The lowest BCUT2D eigenvalue weighted by atomic mass is 9.51. The molecule has 0 radical (unpaired) electrons. The Balaban J connectivity index is 2.44. The van der Waals surface area contributed by atoms with Crippen LogP contribution in [0, 0.1) is 10.8 Å². The van der Waals surface area contributed by atoms with Crippen molar-refractivity contribution in [2.24, 2.45) is 15.8 Å². The van der Waals surface area contributed by atoms with Gasteiger partial charge < -0.3 is 4.90 Å². The summed E-state index contributed by atoms with van der Waals surface area (Å²) >= 11 is 0. The van der Waals surface area contributed by atoms with E-state index in [1.54, 1.807) is 0 Å². The number of nitrogens with zero attached hydrogens (tertiary/aromatic N) is 2. The second-order valence-electron chi connectivity index (χ2n) is 6.03. The normalized spacial score (nSPS) is 26.7. The molecular formula is C13H22N2. The molecule has 84 valence electrons. The highest BCUT2D eigenvalue weighted by molar-refractivity contribution is 5.65. The van der Waals surface area contributed by atoms with Gasteiger partial charge in [-0.15, -0.1) is 0 Å². The molecule has 0 saturated heterocycles. The van der Waals surface area contributed by atoms with Crippen LogP contribution in [0.15, 0.2) is 16.3 Å². The highest BCUT2D eigenvalue weighted by Gasteiger charge is 2.55. The van der Waals surface area contributed by atoms with Crippen molar-refractivity contribution in [2.75, 3.05) is 6.54 Å². The van der Waals surface area contributed by atoms with E-state index in [9.17, 15) is 0 Å². The van der Waals surface area contributed by atoms with Crippen molar-refractivity contribution < 1.29 is 0 Å². The van der Waals surface area contributed by atoms with Crippen molar-refractivity contribution >= 4 is 6.34 Å². The zero-order valence-corrected chi connectivity index (χ0v) is 10.8. The van der Waals surface area contributed by atoms with Crippen LogP contribution in [0.2, 0.25) is 0 Å². The lowest BCUT2D eigenvalue weighted by Crippen LogP contribution is -2.55. The third-order valence-corrected chi connectivity index (χ3v) is 4.46. The number of aliphatic imine (C=N–C) groups is 1. The van der Waals surface area contributed by atoms with Crippen LogP contribution < -0.4 is 0 Å². The summed E-state index contributed by atoms with van der Waals surface area (Å²) in [6, 6.07) is 0.509. The summed E-state index contributed by atoms with van der Waals surface area (Å²) in [4.78, 5) is 6.80. The molecular weight excluding hydrogens is 184 g/mol. The lowest BCUT2D eigenvalue weighted by molar-refractivity contribution is 0.0888. The van der Waals surface area contributed by atoms with Gasteiger partial charge in [0.05, 0.1) is 12.9 Å². The van der Waals surface area contributed by atoms with Gasteiger partial charge in [-0.1, -0.05) is 27.7 Å². The van der Waals surface area contributed by atoms with Crippen molar-refractivity contribution in [1.29, 1.82) is 0 Å². The first-order valence-corrected chi connectivity index (χ1v) is 5.82. The lowest BCUT2D eigenvalue weighted by Gasteiger charge is -2.59. The van der Waals surface area contributed by atoms with Crippen molar-refractivity contribution in [1.82, 2.24) is 4.90 Å². The summed E-state index contributed by atoms with van der Waals surface area (Å²) in [6.07, 6.45) is 2.01. The van der Waals surface area contributed by atoms with Crippen molar-refractivity contribution in [3.8, 4) is 0 Å². The van der Waals surface area contributed by atoms with Gasteiger partial charge in [0.2, 0.25) is 0 Å². The molecule has 1 aliphatic carbocycles. The van der Waals surface area contributed by atoms with Crippen LogP contribution in [-0.4, -0.2) is 23.8 Å². The number of allylic oxidation sites excluding steroid dienone is 1. The first-order chi connectivity index (χ1) is 6.80. The van der Waals surface area contributed by atoms with Crippen LogP contribution in [0.3, 0.4) is 0 Å². The van der Waals surface area contributed by atoms with Gasteiger partial charge in [0, 0.05) is 22.6 Å². The molecule has 2 nitrogen and oxygen atoms in total. The molecule has 2 rings (SSSR count). The molecule has 0 fully saturated rings. The van der Waals surface area contributed by atoms with Crippen molar-refractivity contribution in [3.05, 3.63) is 11.3 Å². The van der Waals surface area contributed by atoms with E-state index in [1.807, 2.05) is 6.34 Å². The molecule has 2 heteroatoms. The molecule has 0 atom stereocenters. The van der Waals surface area contributed by atoms with Gasteiger partial charge >= 0.3 is 0 Å². The Morgan fingerprint density at radius 3 is 2.33 bits per heavy atom. The molecule has 1 aliphatic heterocycles. The number of rotatable bonds is 1. The summed E-state index contributed by atoms with van der Waals surface area (Å²) in [6.45, 7) is 14.7. The zero-order valence-electron chi connectivity index (χ0n) is 10.8. The fourth-order valence-corrected chi connectivity index (χ4v) is 2.70. The van der Waals surface area contributed by atoms with E-state index in [1.165, 1.54) is 11.3 Å². The summed E-state index contributed by atoms with van der Waals surface area (Å²) in [5.74, 6) is 0. The van der Waals surface area contributed by atoms with Gasteiger partial charge in [-0.25, -0.2) is 0 Å². The average molecular weight is 206 g/mol. The van der Waals surface area contributed by atoms with E-state index < -0.39 is 0 Å². The highest BCUT2D eigenvalue weighted by atomic mass is 15.2. The topological polar surface area (TPSA) is 15.6 Å². The minimum Gasteiger partial charge on any atom is -0.333 e. The van der Waals surface area contributed by atoms with Crippen LogP contribution >= 0.6 is 0 Å². The van der Waals surface area contributed by atoms with Gasteiger partial charge in [0.25, 0.3) is 0 Å². The average Bonchev–Trinajstić information content (AvgIpc) is 2.16. The Morgan fingerprint density at radius 1 is 1.20 bits per heavy atom.